The van der Waals surface area contributed by atoms with E-state index in [-0.39, 0.29) is 24.9 Å². The van der Waals surface area contributed by atoms with Gasteiger partial charge in [-0.15, -0.1) is 0 Å². The third kappa shape index (κ3) is 2.20. The van der Waals surface area contributed by atoms with Gasteiger partial charge in [-0.3, -0.25) is 0 Å². The van der Waals surface area contributed by atoms with E-state index >= 15 is 0 Å². The van der Waals surface area contributed by atoms with Gasteiger partial charge in [0, 0.05) is 6.61 Å². The summed E-state index contributed by atoms with van der Waals surface area (Å²) in [6, 6.07) is 6.44. The van der Waals surface area contributed by atoms with Crippen molar-refractivity contribution in [1.82, 2.24) is 0 Å². The van der Waals surface area contributed by atoms with Gasteiger partial charge in [-0.1, -0.05) is 18.2 Å². The van der Waals surface area contributed by atoms with Crippen molar-refractivity contribution in [2.45, 2.75) is 51.7 Å². The van der Waals surface area contributed by atoms with Gasteiger partial charge in [0.2, 0.25) is 0 Å². The lowest BCUT2D eigenvalue weighted by Gasteiger charge is -2.32. The van der Waals surface area contributed by atoms with Crippen LogP contribution in [0, 0.1) is 5.92 Å². The predicted molar refractivity (Wildman–Crippen MR) is 80.1 cm³/mol. The van der Waals surface area contributed by atoms with Crippen LogP contribution in [0.15, 0.2) is 18.2 Å². The smallest absolute Gasteiger partial charge is 0.399 e. The molecule has 0 saturated carbocycles. The van der Waals surface area contributed by atoms with Crippen LogP contribution in [0.3, 0.4) is 0 Å². The first-order valence-electron chi connectivity index (χ1n) is 7.40. The van der Waals surface area contributed by atoms with Crippen LogP contribution in [0.1, 0.15) is 38.8 Å². The quantitative estimate of drug-likeness (QED) is 0.834. The Bertz CT molecular complexity index is 508. The van der Waals surface area contributed by atoms with Gasteiger partial charge in [0.05, 0.1) is 11.2 Å². The summed E-state index contributed by atoms with van der Waals surface area (Å²) in [5, 5.41) is 9.31. The second kappa shape index (κ2) is 4.59. The molecule has 1 N–H and O–H groups in total. The third-order valence-corrected chi connectivity index (χ3v) is 5.03. The van der Waals surface area contributed by atoms with Gasteiger partial charge >= 0.3 is 7.12 Å². The van der Waals surface area contributed by atoms with Crippen LogP contribution in [-0.4, -0.2) is 30.0 Å². The molecule has 3 nitrogen and oxygen atoms in total. The summed E-state index contributed by atoms with van der Waals surface area (Å²) in [7, 11) is -0.293. The maximum Gasteiger partial charge on any atom is 0.494 e. The number of fused-ring (bicyclic) bond motifs is 1. The molecule has 1 fully saturated rings. The monoisotopic (exact) mass is 274 g/mol. The van der Waals surface area contributed by atoms with Gasteiger partial charge in [-0.05, 0) is 63.0 Å². The van der Waals surface area contributed by atoms with Gasteiger partial charge in [0.1, 0.15) is 0 Å². The number of hydrogen-bond donors (Lipinski definition) is 1. The Balaban J connectivity index is 1.84. The van der Waals surface area contributed by atoms with E-state index in [9.17, 15) is 5.11 Å². The molecule has 0 spiro atoms. The lowest BCUT2D eigenvalue weighted by atomic mass is 9.78. The van der Waals surface area contributed by atoms with E-state index in [1.165, 1.54) is 11.1 Å². The molecule has 1 unspecified atom stereocenters. The minimum atomic E-state index is -0.301. The van der Waals surface area contributed by atoms with E-state index < -0.39 is 0 Å². The maximum atomic E-state index is 9.31. The highest BCUT2D eigenvalue weighted by Gasteiger charge is 2.51. The predicted octanol–water partition coefficient (Wildman–Crippen LogP) is 1.69. The fourth-order valence-corrected chi connectivity index (χ4v) is 2.98. The molecule has 1 saturated heterocycles. The molecule has 1 aliphatic carbocycles. The first-order valence-corrected chi connectivity index (χ1v) is 7.40. The van der Waals surface area contributed by atoms with E-state index in [4.69, 9.17) is 9.31 Å². The first kappa shape index (κ1) is 14.1. The van der Waals surface area contributed by atoms with Crippen LogP contribution in [0.2, 0.25) is 0 Å². The summed E-state index contributed by atoms with van der Waals surface area (Å²) in [6.45, 7) is 8.55. The van der Waals surface area contributed by atoms with Gasteiger partial charge in [-0.2, -0.15) is 0 Å². The minimum Gasteiger partial charge on any atom is -0.399 e. The molecule has 0 amide bonds. The summed E-state index contributed by atoms with van der Waals surface area (Å²) in [5.41, 5.74) is 3.16. The largest absolute Gasteiger partial charge is 0.494 e. The summed E-state index contributed by atoms with van der Waals surface area (Å²) in [6.07, 6.45) is 1.94. The van der Waals surface area contributed by atoms with Gasteiger partial charge in [-0.25, -0.2) is 0 Å². The molecule has 1 atom stereocenters. The average Bonchev–Trinajstić information content (AvgIpc) is 2.87. The normalized spacial score (nSPS) is 26.9. The number of aliphatic hydroxyl groups excluding tert-OH is 1. The van der Waals surface area contributed by atoms with Crippen molar-refractivity contribution in [1.29, 1.82) is 0 Å². The lowest BCUT2D eigenvalue weighted by Crippen LogP contribution is -2.41. The fourth-order valence-electron chi connectivity index (χ4n) is 2.98. The van der Waals surface area contributed by atoms with Crippen LogP contribution in [-0.2, 0) is 22.2 Å². The summed E-state index contributed by atoms with van der Waals surface area (Å²) >= 11 is 0. The molecule has 0 radical (unpaired) electrons. The number of hydrogen-bond acceptors (Lipinski definition) is 3. The third-order valence-electron chi connectivity index (χ3n) is 5.03. The minimum absolute atomic E-state index is 0.264. The summed E-state index contributed by atoms with van der Waals surface area (Å²) in [5.74, 6) is 0.374. The molecule has 1 aromatic carbocycles. The van der Waals surface area contributed by atoms with Gasteiger partial charge in [0.15, 0.2) is 0 Å². The van der Waals surface area contributed by atoms with Crippen molar-refractivity contribution in [2.75, 3.05) is 6.61 Å². The molecular weight excluding hydrogens is 251 g/mol. The highest BCUT2D eigenvalue weighted by Crippen LogP contribution is 2.36. The van der Waals surface area contributed by atoms with Crippen molar-refractivity contribution in [2.24, 2.45) is 5.92 Å². The van der Waals surface area contributed by atoms with E-state index in [1.807, 2.05) is 0 Å². The first-order chi connectivity index (χ1) is 9.32. The zero-order chi connectivity index (χ0) is 14.5. The lowest BCUT2D eigenvalue weighted by molar-refractivity contribution is 0.00578. The van der Waals surface area contributed by atoms with E-state index in [0.29, 0.717) is 5.92 Å². The van der Waals surface area contributed by atoms with Crippen molar-refractivity contribution in [3.63, 3.8) is 0 Å². The van der Waals surface area contributed by atoms with Crippen LogP contribution in [0.25, 0.3) is 0 Å². The molecule has 3 rings (SSSR count). The van der Waals surface area contributed by atoms with Crippen molar-refractivity contribution < 1.29 is 14.4 Å². The molecule has 2 aliphatic rings. The Morgan fingerprint density at radius 3 is 2.30 bits per heavy atom. The number of rotatable bonds is 2. The van der Waals surface area contributed by atoms with E-state index in [1.54, 1.807) is 0 Å². The SMILES string of the molecule is CC1(C)OB(c2ccc3c(c2)CC(CO)C3)OC1(C)C. The molecular formula is C16H23BO3. The highest BCUT2D eigenvalue weighted by molar-refractivity contribution is 6.62. The van der Waals surface area contributed by atoms with Crippen LogP contribution in [0.4, 0.5) is 0 Å². The Kier molecular flexibility index (Phi) is 3.24. The molecule has 1 heterocycles. The molecule has 4 heteroatoms. The van der Waals surface area contributed by atoms with Crippen molar-refractivity contribution in [3.05, 3.63) is 29.3 Å². The number of benzene rings is 1. The standard InChI is InChI=1S/C16H23BO3/c1-15(2)16(3,4)20-17(19-15)14-6-5-12-7-11(10-18)8-13(12)9-14/h5-6,9,11,18H,7-8,10H2,1-4H3. The number of aliphatic hydroxyl groups is 1. The van der Waals surface area contributed by atoms with Gasteiger partial charge < -0.3 is 14.4 Å². The van der Waals surface area contributed by atoms with Crippen molar-refractivity contribution in [3.8, 4) is 0 Å². The van der Waals surface area contributed by atoms with E-state index in [2.05, 4.69) is 45.9 Å². The molecule has 0 aromatic heterocycles. The average molecular weight is 274 g/mol. The molecule has 1 aliphatic heterocycles. The second-order valence-corrected chi connectivity index (χ2v) is 7.07. The Morgan fingerprint density at radius 2 is 1.70 bits per heavy atom. The van der Waals surface area contributed by atoms with E-state index in [0.717, 1.165) is 18.3 Å². The summed E-state index contributed by atoms with van der Waals surface area (Å²) in [4.78, 5) is 0. The zero-order valence-corrected chi connectivity index (χ0v) is 12.8. The highest BCUT2D eigenvalue weighted by atomic mass is 16.7. The van der Waals surface area contributed by atoms with Crippen LogP contribution in [0.5, 0.6) is 0 Å². The fraction of sp³-hybridized carbons (Fsp3) is 0.625. The Labute approximate surface area is 121 Å². The Morgan fingerprint density at radius 1 is 1.10 bits per heavy atom. The molecule has 108 valence electrons. The molecule has 0 bridgehead atoms. The molecule has 1 aromatic rings. The van der Waals surface area contributed by atoms with Crippen molar-refractivity contribution >= 4 is 12.6 Å². The van der Waals surface area contributed by atoms with Gasteiger partial charge in [0.25, 0.3) is 0 Å². The molecule has 20 heavy (non-hydrogen) atoms. The Hall–Kier alpha value is -0.835. The maximum absolute atomic E-state index is 9.31. The topological polar surface area (TPSA) is 38.7 Å². The second-order valence-electron chi connectivity index (χ2n) is 7.07. The van der Waals surface area contributed by atoms with Crippen LogP contribution < -0.4 is 5.46 Å². The zero-order valence-electron chi connectivity index (χ0n) is 12.8. The van der Waals surface area contributed by atoms with Crippen LogP contribution >= 0.6 is 0 Å². The summed E-state index contributed by atoms with van der Waals surface area (Å²) < 4.78 is 12.2.